The minimum absolute atomic E-state index is 0.317. The van der Waals surface area contributed by atoms with Gasteiger partial charge in [-0.3, -0.25) is 0 Å². The molecule has 0 aliphatic carbocycles. The Morgan fingerprint density at radius 3 is 2.74 bits per heavy atom. The lowest BCUT2D eigenvalue weighted by atomic mass is 10.0. The summed E-state index contributed by atoms with van der Waals surface area (Å²) in [6.07, 6.45) is -3.18. The van der Waals surface area contributed by atoms with Crippen molar-refractivity contribution in [1.29, 1.82) is 0 Å². The van der Waals surface area contributed by atoms with E-state index < -0.39 is 18.9 Å². The number of likely N-dealkylation sites (tertiary alicyclic amines) is 1. The fourth-order valence-corrected chi connectivity index (χ4v) is 3.10. The number of anilines is 1. The van der Waals surface area contributed by atoms with Crippen LogP contribution in [0.1, 0.15) is 6.42 Å². The topological polar surface area (TPSA) is 20.2 Å². The van der Waals surface area contributed by atoms with E-state index in [1.807, 2.05) is 11.9 Å². The number of hydrogen-bond donors (Lipinski definition) is 1. The fourth-order valence-electron chi connectivity index (χ4n) is 3.10. The van der Waals surface area contributed by atoms with E-state index in [9.17, 15) is 17.6 Å². The lowest BCUT2D eigenvalue weighted by molar-refractivity contribution is -0.139. The summed E-state index contributed by atoms with van der Waals surface area (Å²) in [4.78, 5) is 1.93. The number of fused-ring (bicyclic) bond motifs is 1. The van der Waals surface area contributed by atoms with Crippen molar-refractivity contribution in [1.82, 2.24) is 9.47 Å². The van der Waals surface area contributed by atoms with Gasteiger partial charge in [-0.05, 0) is 31.7 Å². The van der Waals surface area contributed by atoms with Crippen LogP contribution >= 0.6 is 0 Å². The molecular formula is C16H19F4N3. The first kappa shape index (κ1) is 16.1. The first-order chi connectivity index (χ1) is 10.8. The second-order valence-electron chi connectivity index (χ2n) is 6.11. The lowest BCUT2D eigenvalue weighted by Gasteiger charge is -2.33. The van der Waals surface area contributed by atoms with Gasteiger partial charge in [0.1, 0.15) is 12.7 Å². The van der Waals surface area contributed by atoms with Crippen LogP contribution in [0, 0.1) is 0 Å². The van der Waals surface area contributed by atoms with Crippen LogP contribution in [0.3, 0.4) is 0 Å². The first-order valence-corrected chi connectivity index (χ1v) is 7.57. The molecule has 1 aromatic carbocycles. The smallest absolute Gasteiger partial charge is 0.379 e. The number of alkyl halides is 4. The lowest BCUT2D eigenvalue weighted by Crippen LogP contribution is -2.46. The minimum atomic E-state index is -4.27. The van der Waals surface area contributed by atoms with Crippen molar-refractivity contribution in [2.75, 3.05) is 25.5 Å². The van der Waals surface area contributed by atoms with Crippen LogP contribution in [0.2, 0.25) is 0 Å². The molecule has 1 saturated heterocycles. The largest absolute Gasteiger partial charge is 0.406 e. The van der Waals surface area contributed by atoms with Gasteiger partial charge in [0.05, 0.1) is 11.6 Å². The zero-order valence-corrected chi connectivity index (χ0v) is 12.8. The van der Waals surface area contributed by atoms with Crippen LogP contribution in [-0.4, -0.2) is 48.0 Å². The maximum atomic E-state index is 14.2. The number of piperidine rings is 1. The van der Waals surface area contributed by atoms with Crippen molar-refractivity contribution >= 4 is 16.6 Å². The van der Waals surface area contributed by atoms with Crippen LogP contribution in [0.5, 0.6) is 0 Å². The van der Waals surface area contributed by atoms with Gasteiger partial charge in [0, 0.05) is 30.4 Å². The molecule has 23 heavy (non-hydrogen) atoms. The highest BCUT2D eigenvalue weighted by molar-refractivity contribution is 5.92. The summed E-state index contributed by atoms with van der Waals surface area (Å²) in [7, 11) is 1.88. The normalized spacial score (nSPS) is 23.3. The van der Waals surface area contributed by atoms with Crippen LogP contribution < -0.4 is 5.32 Å². The molecule has 1 aromatic heterocycles. The molecule has 0 bridgehead atoms. The summed E-state index contributed by atoms with van der Waals surface area (Å²) in [5, 5.41) is 3.86. The van der Waals surface area contributed by atoms with Gasteiger partial charge in [-0.25, -0.2) is 4.39 Å². The van der Waals surface area contributed by atoms with Gasteiger partial charge in [-0.1, -0.05) is 6.07 Å². The zero-order chi connectivity index (χ0) is 16.6. The Morgan fingerprint density at radius 1 is 1.26 bits per heavy atom. The molecule has 7 heteroatoms. The van der Waals surface area contributed by atoms with Crippen molar-refractivity contribution in [3.63, 3.8) is 0 Å². The molecule has 0 unspecified atom stereocenters. The van der Waals surface area contributed by atoms with Gasteiger partial charge < -0.3 is 14.8 Å². The highest BCUT2D eigenvalue weighted by Gasteiger charge is 2.29. The minimum Gasteiger partial charge on any atom is -0.379 e. The van der Waals surface area contributed by atoms with E-state index in [-0.39, 0.29) is 6.04 Å². The van der Waals surface area contributed by atoms with Crippen molar-refractivity contribution < 1.29 is 17.6 Å². The molecule has 0 radical (unpaired) electrons. The molecule has 3 nitrogen and oxygen atoms in total. The number of rotatable bonds is 3. The Bertz CT molecular complexity index is 680. The highest BCUT2D eigenvalue weighted by atomic mass is 19.4. The monoisotopic (exact) mass is 329 g/mol. The second kappa shape index (κ2) is 6.03. The molecule has 0 spiro atoms. The molecule has 126 valence electrons. The van der Waals surface area contributed by atoms with Crippen LogP contribution in [-0.2, 0) is 6.54 Å². The van der Waals surface area contributed by atoms with E-state index in [0.717, 1.165) is 6.54 Å². The molecule has 1 aliphatic rings. The molecular weight excluding hydrogens is 310 g/mol. The predicted molar refractivity (Wildman–Crippen MR) is 82.4 cm³/mol. The quantitative estimate of drug-likeness (QED) is 0.867. The van der Waals surface area contributed by atoms with E-state index in [1.165, 1.54) is 10.8 Å². The SMILES string of the molecule is CN1CC[C@H](Nc2cccc3c2ccn3CC(F)(F)F)[C@H](F)C1. The molecule has 1 fully saturated rings. The summed E-state index contributed by atoms with van der Waals surface area (Å²) < 4.78 is 53.2. The molecule has 1 N–H and O–H groups in total. The molecule has 3 rings (SSSR count). The molecule has 2 heterocycles. The molecule has 0 amide bonds. The van der Waals surface area contributed by atoms with E-state index in [0.29, 0.717) is 29.6 Å². The maximum absolute atomic E-state index is 14.2. The first-order valence-electron chi connectivity index (χ1n) is 7.57. The van der Waals surface area contributed by atoms with Crippen molar-refractivity contribution in [3.8, 4) is 0 Å². The number of hydrogen-bond acceptors (Lipinski definition) is 2. The summed E-state index contributed by atoms with van der Waals surface area (Å²) >= 11 is 0. The Morgan fingerprint density at radius 2 is 2.04 bits per heavy atom. The Hall–Kier alpha value is -1.76. The number of nitrogens with zero attached hydrogens (tertiary/aromatic N) is 2. The standard InChI is InChI=1S/C16H19F4N3/c1-22-7-6-14(12(17)9-22)21-13-3-2-4-15-11(13)5-8-23(15)10-16(18,19)20/h2-5,8,12,14,21H,6-7,9-10H2,1H3/t12-,14+/m1/s1. The van der Waals surface area contributed by atoms with Crippen LogP contribution in [0.4, 0.5) is 23.2 Å². The van der Waals surface area contributed by atoms with Gasteiger partial charge in [0.2, 0.25) is 0 Å². The average Bonchev–Trinajstić information content (AvgIpc) is 2.84. The van der Waals surface area contributed by atoms with Gasteiger partial charge in [0.25, 0.3) is 0 Å². The van der Waals surface area contributed by atoms with Gasteiger partial charge in [-0.15, -0.1) is 0 Å². The fraction of sp³-hybridized carbons (Fsp3) is 0.500. The third-order valence-corrected chi connectivity index (χ3v) is 4.25. The molecule has 2 atom stereocenters. The molecule has 0 saturated carbocycles. The Balaban J connectivity index is 1.84. The predicted octanol–water partition coefficient (Wildman–Crippen LogP) is 3.66. The second-order valence-corrected chi connectivity index (χ2v) is 6.11. The van der Waals surface area contributed by atoms with Crippen molar-refractivity contribution in [2.45, 2.75) is 31.4 Å². The van der Waals surface area contributed by atoms with Gasteiger partial charge in [-0.2, -0.15) is 13.2 Å². The summed E-state index contributed by atoms with van der Waals surface area (Å²) in [6.45, 7) is 0.131. The van der Waals surface area contributed by atoms with Crippen molar-refractivity contribution in [2.24, 2.45) is 0 Å². The summed E-state index contributed by atoms with van der Waals surface area (Å²) in [5.41, 5.74) is 1.18. The molecule has 1 aliphatic heterocycles. The Labute approximate surface area is 131 Å². The Kier molecular flexibility index (Phi) is 4.23. The zero-order valence-electron chi connectivity index (χ0n) is 12.8. The van der Waals surface area contributed by atoms with Crippen LogP contribution in [0.25, 0.3) is 10.9 Å². The summed E-state index contributed by atoms with van der Waals surface area (Å²) in [5.74, 6) is 0. The number of benzene rings is 1. The number of halogens is 4. The maximum Gasteiger partial charge on any atom is 0.406 e. The van der Waals surface area contributed by atoms with Crippen molar-refractivity contribution in [3.05, 3.63) is 30.5 Å². The third-order valence-electron chi connectivity index (χ3n) is 4.25. The number of aromatic nitrogens is 1. The average molecular weight is 329 g/mol. The highest BCUT2D eigenvalue weighted by Crippen LogP contribution is 2.29. The van der Waals surface area contributed by atoms with E-state index in [1.54, 1.807) is 24.3 Å². The molecule has 2 aromatic rings. The van der Waals surface area contributed by atoms with E-state index in [2.05, 4.69) is 5.32 Å². The van der Waals surface area contributed by atoms with Crippen LogP contribution in [0.15, 0.2) is 30.5 Å². The van der Waals surface area contributed by atoms with Gasteiger partial charge >= 0.3 is 6.18 Å². The third kappa shape index (κ3) is 3.60. The number of nitrogens with one attached hydrogen (secondary N) is 1. The van der Waals surface area contributed by atoms with Gasteiger partial charge in [0.15, 0.2) is 0 Å². The van der Waals surface area contributed by atoms with E-state index in [4.69, 9.17) is 0 Å². The van der Waals surface area contributed by atoms with E-state index >= 15 is 0 Å². The summed E-state index contributed by atoms with van der Waals surface area (Å²) in [6, 6.07) is 6.45.